The van der Waals surface area contributed by atoms with E-state index in [-0.39, 0.29) is 0 Å². The van der Waals surface area contributed by atoms with Crippen molar-refractivity contribution >= 4 is 0 Å². The lowest BCUT2D eigenvalue weighted by atomic mass is 9.99. The lowest BCUT2D eigenvalue weighted by Gasteiger charge is -2.27. The summed E-state index contributed by atoms with van der Waals surface area (Å²) in [5.41, 5.74) is 5.72. The molecule has 5 nitrogen and oxygen atoms in total. The Bertz CT molecular complexity index is 890. The molecule has 0 spiro atoms. The van der Waals surface area contributed by atoms with Crippen molar-refractivity contribution in [2.24, 2.45) is 0 Å². The van der Waals surface area contributed by atoms with Gasteiger partial charge in [-0.15, -0.1) is 0 Å². The topological polar surface area (TPSA) is 50.4 Å². The summed E-state index contributed by atoms with van der Waals surface area (Å²) in [5, 5.41) is 7.83. The first-order chi connectivity index (χ1) is 12.8. The van der Waals surface area contributed by atoms with Gasteiger partial charge >= 0.3 is 0 Å². The minimum absolute atomic E-state index is 0.800. The number of aromatic amines is 1. The van der Waals surface area contributed by atoms with Crippen molar-refractivity contribution in [1.82, 2.24) is 15.1 Å². The van der Waals surface area contributed by atoms with Crippen molar-refractivity contribution in [3.63, 3.8) is 0 Å². The van der Waals surface area contributed by atoms with Gasteiger partial charge in [-0.2, -0.15) is 5.10 Å². The van der Waals surface area contributed by atoms with Crippen LogP contribution in [0.3, 0.4) is 0 Å². The van der Waals surface area contributed by atoms with Gasteiger partial charge in [-0.05, 0) is 23.8 Å². The molecule has 3 aromatic rings. The predicted octanol–water partition coefficient (Wildman–Crippen LogP) is 3.65. The Balaban J connectivity index is 1.65. The van der Waals surface area contributed by atoms with E-state index in [9.17, 15) is 0 Å². The van der Waals surface area contributed by atoms with Crippen LogP contribution in [0.25, 0.3) is 11.3 Å². The molecule has 0 bridgehead atoms. The summed E-state index contributed by atoms with van der Waals surface area (Å²) >= 11 is 0. The average molecular weight is 349 g/mol. The molecule has 26 heavy (non-hydrogen) atoms. The average Bonchev–Trinajstić information content (AvgIpc) is 3.11. The zero-order valence-corrected chi connectivity index (χ0v) is 15.2. The smallest absolute Gasteiger partial charge is 0.128 e. The van der Waals surface area contributed by atoms with Gasteiger partial charge in [0.1, 0.15) is 17.2 Å². The number of methoxy groups -OCH3 is 2. The van der Waals surface area contributed by atoms with E-state index in [0.29, 0.717) is 0 Å². The van der Waals surface area contributed by atoms with Crippen molar-refractivity contribution in [1.29, 1.82) is 0 Å². The van der Waals surface area contributed by atoms with Crippen LogP contribution in [0.15, 0.2) is 48.5 Å². The van der Waals surface area contributed by atoms with Gasteiger partial charge in [0.05, 0.1) is 14.2 Å². The van der Waals surface area contributed by atoms with E-state index < -0.39 is 0 Å². The Hall–Kier alpha value is -2.79. The number of ether oxygens (including phenoxy) is 2. The summed E-state index contributed by atoms with van der Waals surface area (Å²) in [6, 6.07) is 16.4. The molecular formula is C21H23N3O2. The number of nitrogens with zero attached hydrogens (tertiary/aromatic N) is 2. The third kappa shape index (κ3) is 3.18. The summed E-state index contributed by atoms with van der Waals surface area (Å²) in [5.74, 6) is 1.61. The van der Waals surface area contributed by atoms with Gasteiger partial charge in [-0.25, -0.2) is 0 Å². The van der Waals surface area contributed by atoms with E-state index in [1.54, 1.807) is 14.2 Å². The number of fused-ring (bicyclic) bond motifs is 1. The number of hydrogen-bond donors (Lipinski definition) is 1. The molecule has 0 fully saturated rings. The van der Waals surface area contributed by atoms with Crippen molar-refractivity contribution in [2.45, 2.75) is 19.5 Å². The standard InChI is InChI=1S/C21H23N3O2/c1-25-16-8-9-20(26-2)17(12-16)21-18-14-24(11-10-19(18)22-23-21)13-15-6-4-3-5-7-15/h3-9,12H,10-11,13-14H2,1-2H3,(H,22,23). The summed E-state index contributed by atoms with van der Waals surface area (Å²) in [6.45, 7) is 2.84. The van der Waals surface area contributed by atoms with E-state index in [0.717, 1.165) is 48.8 Å². The molecule has 0 unspecified atom stereocenters. The predicted molar refractivity (Wildman–Crippen MR) is 101 cm³/mol. The molecule has 2 aromatic carbocycles. The van der Waals surface area contributed by atoms with Gasteiger partial charge in [0.25, 0.3) is 0 Å². The molecular weight excluding hydrogens is 326 g/mol. The first-order valence-corrected chi connectivity index (χ1v) is 8.83. The van der Waals surface area contributed by atoms with Gasteiger partial charge in [0, 0.05) is 42.9 Å². The molecule has 2 heterocycles. The van der Waals surface area contributed by atoms with Crippen LogP contribution in [0, 0.1) is 0 Å². The molecule has 0 aliphatic carbocycles. The second-order valence-electron chi connectivity index (χ2n) is 6.54. The highest BCUT2D eigenvalue weighted by Gasteiger charge is 2.24. The summed E-state index contributed by atoms with van der Waals surface area (Å²) in [7, 11) is 3.36. The number of rotatable bonds is 5. The van der Waals surface area contributed by atoms with Crippen LogP contribution in [-0.2, 0) is 19.5 Å². The van der Waals surface area contributed by atoms with E-state index in [1.165, 1.54) is 16.8 Å². The van der Waals surface area contributed by atoms with Crippen LogP contribution in [0.4, 0.5) is 0 Å². The number of H-pyrrole nitrogens is 1. The maximum atomic E-state index is 5.56. The van der Waals surface area contributed by atoms with E-state index in [4.69, 9.17) is 9.47 Å². The highest BCUT2D eigenvalue weighted by Crippen LogP contribution is 2.36. The molecule has 1 aliphatic heterocycles. The minimum Gasteiger partial charge on any atom is -0.497 e. The van der Waals surface area contributed by atoms with Crippen LogP contribution in [0.5, 0.6) is 11.5 Å². The second-order valence-corrected chi connectivity index (χ2v) is 6.54. The first kappa shape index (κ1) is 16.7. The molecule has 4 rings (SSSR count). The van der Waals surface area contributed by atoms with Gasteiger partial charge in [-0.1, -0.05) is 30.3 Å². The van der Waals surface area contributed by atoms with Crippen LogP contribution in [0.2, 0.25) is 0 Å². The van der Waals surface area contributed by atoms with Crippen molar-refractivity contribution in [2.75, 3.05) is 20.8 Å². The second kappa shape index (κ2) is 7.22. The normalized spacial score (nSPS) is 14.1. The number of hydrogen-bond acceptors (Lipinski definition) is 4. The number of nitrogens with one attached hydrogen (secondary N) is 1. The zero-order valence-electron chi connectivity index (χ0n) is 15.2. The Morgan fingerprint density at radius 2 is 1.92 bits per heavy atom. The fourth-order valence-corrected chi connectivity index (χ4v) is 3.55. The first-order valence-electron chi connectivity index (χ1n) is 8.83. The molecule has 0 atom stereocenters. The third-order valence-electron chi connectivity index (χ3n) is 4.92. The molecule has 1 N–H and O–H groups in total. The SMILES string of the molecule is COc1ccc(OC)c(-c2n[nH]c3c2CN(Cc2ccccc2)CC3)c1. The molecule has 134 valence electrons. The van der Waals surface area contributed by atoms with Gasteiger partial charge in [0.2, 0.25) is 0 Å². The molecule has 0 saturated heterocycles. The molecule has 0 saturated carbocycles. The van der Waals surface area contributed by atoms with E-state index >= 15 is 0 Å². The summed E-state index contributed by atoms with van der Waals surface area (Å²) in [6.07, 6.45) is 0.974. The molecule has 0 radical (unpaired) electrons. The highest BCUT2D eigenvalue weighted by atomic mass is 16.5. The monoisotopic (exact) mass is 349 g/mol. The molecule has 0 amide bonds. The molecule has 5 heteroatoms. The van der Waals surface area contributed by atoms with Gasteiger partial charge in [-0.3, -0.25) is 10.00 Å². The summed E-state index contributed by atoms with van der Waals surface area (Å²) < 4.78 is 11.0. The van der Waals surface area contributed by atoms with Crippen LogP contribution < -0.4 is 9.47 Å². The van der Waals surface area contributed by atoms with Gasteiger partial charge in [0.15, 0.2) is 0 Å². The van der Waals surface area contributed by atoms with Crippen molar-refractivity contribution < 1.29 is 9.47 Å². The maximum Gasteiger partial charge on any atom is 0.128 e. The van der Waals surface area contributed by atoms with Crippen LogP contribution in [-0.4, -0.2) is 35.9 Å². The Kier molecular flexibility index (Phi) is 4.63. The van der Waals surface area contributed by atoms with Crippen molar-refractivity contribution in [3.05, 3.63) is 65.4 Å². The maximum absolute atomic E-state index is 5.56. The molecule has 1 aromatic heterocycles. The Morgan fingerprint density at radius 1 is 1.08 bits per heavy atom. The van der Waals surface area contributed by atoms with Gasteiger partial charge < -0.3 is 9.47 Å². The Labute approximate surface area is 153 Å². The van der Waals surface area contributed by atoms with Crippen molar-refractivity contribution in [3.8, 4) is 22.8 Å². The van der Waals surface area contributed by atoms with Crippen LogP contribution >= 0.6 is 0 Å². The lowest BCUT2D eigenvalue weighted by molar-refractivity contribution is 0.245. The van der Waals surface area contributed by atoms with Crippen LogP contribution in [0.1, 0.15) is 16.8 Å². The third-order valence-corrected chi connectivity index (χ3v) is 4.92. The largest absolute Gasteiger partial charge is 0.497 e. The van der Waals surface area contributed by atoms with E-state index in [2.05, 4.69) is 45.4 Å². The number of benzene rings is 2. The highest BCUT2D eigenvalue weighted by molar-refractivity contribution is 5.72. The fourth-order valence-electron chi connectivity index (χ4n) is 3.55. The minimum atomic E-state index is 0.800. The Morgan fingerprint density at radius 3 is 2.69 bits per heavy atom. The molecule has 1 aliphatic rings. The zero-order chi connectivity index (χ0) is 17.9. The van der Waals surface area contributed by atoms with E-state index in [1.807, 2.05) is 18.2 Å². The lowest BCUT2D eigenvalue weighted by Crippen LogP contribution is -2.29. The summed E-state index contributed by atoms with van der Waals surface area (Å²) in [4.78, 5) is 2.46. The fraction of sp³-hybridized carbons (Fsp3) is 0.286. The quantitative estimate of drug-likeness (QED) is 0.764. The number of aromatic nitrogens is 2.